The number of rotatable bonds is 16. The first-order valence-corrected chi connectivity index (χ1v) is 28.4. The molecule has 2 aliphatic rings. The number of aryl methyl sites for hydroxylation is 6. The van der Waals surface area contributed by atoms with Gasteiger partial charge < -0.3 is 10.2 Å². The van der Waals surface area contributed by atoms with Crippen LogP contribution in [0.3, 0.4) is 0 Å². The van der Waals surface area contributed by atoms with Gasteiger partial charge in [-0.05, 0) is 98.9 Å². The summed E-state index contributed by atoms with van der Waals surface area (Å²) in [5.41, 5.74) is 14.0. The first-order valence-electron chi connectivity index (χ1n) is 28.4. The van der Waals surface area contributed by atoms with Crippen molar-refractivity contribution >= 4 is 33.4 Å². The second kappa shape index (κ2) is 34.3. The van der Waals surface area contributed by atoms with Gasteiger partial charge in [0.2, 0.25) is 0 Å². The fourth-order valence-electron chi connectivity index (χ4n) is 10.7. The van der Waals surface area contributed by atoms with Crippen molar-refractivity contribution in [3.05, 3.63) is 154 Å². The maximum absolute atomic E-state index is 12.0. The summed E-state index contributed by atoms with van der Waals surface area (Å²) in [5, 5.41) is 22.3. The van der Waals surface area contributed by atoms with Crippen LogP contribution in [0.25, 0.3) is 44.3 Å². The van der Waals surface area contributed by atoms with Gasteiger partial charge in [-0.1, -0.05) is 169 Å². The molecule has 2 heterocycles. The number of aliphatic hydroxyl groups excluding tert-OH is 2. The zero-order valence-corrected chi connectivity index (χ0v) is 52.3. The number of hydrogen-bond donors (Lipinski definition) is 2. The standard InChI is InChI=1S/2C20H20N.C15H24O2.C13H24O2.2Ir/c1-4-7-16-13-20(17-11-14(2)10-15(3)12-17)21-19-9-6-5-8-18(16)19;1-4-6-16-7-5-8-20-18(16)9-10-19(21-20)17-12-14(2)11-15(3)13-17;16-14(12-7-3-1-4-8-12)11-15(17)13-9-5-2-6-10-13;1-5-10(6-2)12(14)9-13(15)11(7-3)8-4;;/h5-6,8-11,13H,4,7H2,1-3H3;5,7-12H,4,6H2,1-3H3;11-13,16H,1-10H2;9-11,14H,5-8H2,1-4H3;;/q2*-1;;;;. The number of benzene rings is 4. The van der Waals surface area contributed by atoms with E-state index in [1.807, 2.05) is 27.7 Å². The van der Waals surface area contributed by atoms with Crippen molar-refractivity contribution in [2.75, 3.05) is 0 Å². The van der Waals surface area contributed by atoms with Crippen molar-refractivity contribution in [2.45, 2.75) is 185 Å². The van der Waals surface area contributed by atoms with Crippen LogP contribution in [0.5, 0.6) is 0 Å². The van der Waals surface area contributed by atoms with Crippen LogP contribution in [0.1, 0.15) is 178 Å². The summed E-state index contributed by atoms with van der Waals surface area (Å²) >= 11 is 0. The van der Waals surface area contributed by atoms with E-state index in [0.29, 0.717) is 5.76 Å². The van der Waals surface area contributed by atoms with Crippen molar-refractivity contribution in [1.82, 2.24) is 9.97 Å². The molecule has 0 bridgehead atoms. The molecule has 0 unspecified atom stereocenters. The van der Waals surface area contributed by atoms with E-state index >= 15 is 0 Å². The number of aliphatic hydroxyl groups is 2. The number of ketones is 2. The average Bonchev–Trinajstić information content (AvgIpc) is 3.40. The number of nitrogens with zero attached hydrogens (tertiary/aromatic N) is 2. The number of allylic oxidation sites excluding steroid dienone is 4. The first-order chi connectivity index (χ1) is 35.7. The van der Waals surface area contributed by atoms with E-state index in [2.05, 4.69) is 139 Å². The van der Waals surface area contributed by atoms with E-state index in [4.69, 9.17) is 9.97 Å². The van der Waals surface area contributed by atoms with Gasteiger partial charge in [-0.3, -0.25) is 19.6 Å². The molecule has 0 aliphatic heterocycles. The van der Waals surface area contributed by atoms with Gasteiger partial charge in [0.25, 0.3) is 0 Å². The Balaban J connectivity index is 0.000000267. The normalized spacial score (nSPS) is 14.1. The summed E-state index contributed by atoms with van der Waals surface area (Å²) in [7, 11) is 0. The van der Waals surface area contributed by atoms with E-state index < -0.39 is 0 Å². The molecule has 76 heavy (non-hydrogen) atoms. The van der Waals surface area contributed by atoms with Crippen LogP contribution in [0, 0.1) is 63.5 Å². The van der Waals surface area contributed by atoms with Crippen LogP contribution >= 0.6 is 0 Å². The van der Waals surface area contributed by atoms with E-state index in [9.17, 15) is 19.8 Å². The maximum Gasteiger partial charge on any atom is 0.162 e. The summed E-state index contributed by atoms with van der Waals surface area (Å²) in [6.07, 6.45) is 22.4. The van der Waals surface area contributed by atoms with Gasteiger partial charge in [0, 0.05) is 86.8 Å². The molecule has 2 saturated carbocycles. The summed E-state index contributed by atoms with van der Waals surface area (Å²) in [6.45, 7) is 20.9. The molecule has 2 fully saturated rings. The molecule has 0 spiro atoms. The molecule has 4 aromatic carbocycles. The minimum Gasteiger partial charge on any atom is -0.512 e. The Morgan fingerprint density at radius 3 is 1.58 bits per heavy atom. The van der Waals surface area contributed by atoms with Crippen molar-refractivity contribution < 1.29 is 60.0 Å². The molecule has 2 aromatic heterocycles. The Hall–Kier alpha value is -4.58. The topological polar surface area (TPSA) is 100 Å². The van der Waals surface area contributed by atoms with Crippen molar-refractivity contribution in [1.29, 1.82) is 0 Å². The number of carbonyl (C=O) groups excluding carboxylic acids is 2. The van der Waals surface area contributed by atoms with Gasteiger partial charge in [-0.2, -0.15) is 0 Å². The number of fused-ring (bicyclic) bond motifs is 2. The molecule has 0 atom stereocenters. The third kappa shape index (κ3) is 20.0. The largest absolute Gasteiger partial charge is 0.512 e. The molecule has 2 N–H and O–H groups in total. The minimum absolute atomic E-state index is 0. The molecule has 8 rings (SSSR count). The number of aromatic nitrogens is 2. The Morgan fingerprint density at radius 2 is 1.04 bits per heavy atom. The monoisotopic (exact) mass is 1380 g/mol. The van der Waals surface area contributed by atoms with E-state index in [1.54, 1.807) is 6.08 Å². The van der Waals surface area contributed by atoms with Crippen molar-refractivity contribution in [2.24, 2.45) is 23.7 Å². The number of carbonyl (C=O) groups is 2. The number of para-hydroxylation sites is 1. The maximum atomic E-state index is 12.0. The van der Waals surface area contributed by atoms with Gasteiger partial charge in [-0.15, -0.1) is 69.8 Å². The second-order valence-electron chi connectivity index (χ2n) is 21.0. The van der Waals surface area contributed by atoms with Gasteiger partial charge in [0.1, 0.15) is 0 Å². The molecular weight excluding hydrogens is 1290 g/mol. The van der Waals surface area contributed by atoms with Gasteiger partial charge >= 0.3 is 0 Å². The van der Waals surface area contributed by atoms with E-state index in [-0.39, 0.29) is 81.2 Å². The summed E-state index contributed by atoms with van der Waals surface area (Å²) in [6, 6.07) is 36.8. The predicted octanol–water partition coefficient (Wildman–Crippen LogP) is 18.6. The molecule has 2 radical (unpaired) electrons. The molecule has 0 saturated heterocycles. The van der Waals surface area contributed by atoms with Gasteiger partial charge in [0.15, 0.2) is 11.6 Å². The van der Waals surface area contributed by atoms with Gasteiger partial charge in [0.05, 0.1) is 22.6 Å². The first kappa shape index (κ1) is 65.7. The van der Waals surface area contributed by atoms with Crippen LogP contribution in [0.15, 0.2) is 109 Å². The second-order valence-corrected chi connectivity index (χ2v) is 21.0. The quantitative estimate of drug-likeness (QED) is 0.0569. The molecule has 0 amide bonds. The van der Waals surface area contributed by atoms with Crippen molar-refractivity contribution in [3.8, 4) is 22.5 Å². The fourth-order valence-corrected chi connectivity index (χ4v) is 10.7. The summed E-state index contributed by atoms with van der Waals surface area (Å²) < 4.78 is 0. The van der Waals surface area contributed by atoms with Crippen molar-refractivity contribution in [3.63, 3.8) is 0 Å². The Kier molecular flexibility index (Phi) is 29.7. The molecular formula is C68H88Ir2N2O4-2. The predicted molar refractivity (Wildman–Crippen MR) is 312 cm³/mol. The molecule has 8 heteroatoms. The van der Waals surface area contributed by atoms with Crippen LogP contribution in [-0.4, -0.2) is 31.7 Å². The minimum atomic E-state index is 0. The van der Waals surface area contributed by atoms with E-state index in [1.165, 1.54) is 77.6 Å². The van der Waals surface area contributed by atoms with Crippen LogP contribution in [0.4, 0.5) is 0 Å². The zero-order valence-electron chi connectivity index (χ0n) is 47.5. The average molecular weight is 1380 g/mol. The van der Waals surface area contributed by atoms with Crippen LogP contribution in [0.2, 0.25) is 0 Å². The SMILES string of the molecule is CCC(CC)C(=O)C=C(O)C(CC)CC.CCCc1cc(-c2[c-]c(C)cc(C)c2)nc2ccccc12.CCCc1cccc2nc(-c3[c-]c(C)cc(C)c3)ccc12.O=C(C=C(O)C1CCCCC1)C1CCCCC1.[Ir].[Ir]. The van der Waals surface area contributed by atoms with Crippen LogP contribution < -0.4 is 0 Å². The number of hydrogen-bond acceptors (Lipinski definition) is 6. The Morgan fingerprint density at radius 1 is 0.553 bits per heavy atom. The third-order valence-corrected chi connectivity index (χ3v) is 14.9. The molecule has 2 aliphatic carbocycles. The third-order valence-electron chi connectivity index (χ3n) is 14.9. The summed E-state index contributed by atoms with van der Waals surface area (Å²) in [4.78, 5) is 33.4. The smallest absolute Gasteiger partial charge is 0.162 e. The molecule has 414 valence electrons. The summed E-state index contributed by atoms with van der Waals surface area (Å²) in [5.74, 6) is 1.53. The fraction of sp³-hybridized carbons (Fsp3) is 0.471. The Bertz CT molecular complexity index is 2740. The van der Waals surface area contributed by atoms with Gasteiger partial charge in [-0.25, -0.2) is 0 Å². The molecule has 6 aromatic rings. The number of pyridine rings is 2. The Labute approximate surface area is 485 Å². The molecule has 6 nitrogen and oxygen atoms in total. The zero-order chi connectivity index (χ0) is 53.6. The van der Waals surface area contributed by atoms with Crippen LogP contribution in [-0.2, 0) is 62.6 Å². The van der Waals surface area contributed by atoms with E-state index in [0.717, 1.165) is 122 Å².